The van der Waals surface area contributed by atoms with Crippen LogP contribution >= 0.6 is 0 Å². The monoisotopic (exact) mass is 675 g/mol. The number of rotatable bonds is 32. The van der Waals surface area contributed by atoms with Crippen LogP contribution in [0.3, 0.4) is 0 Å². The Morgan fingerprint density at radius 3 is 1.02 bits per heavy atom. The molecule has 4 aromatic rings. The zero-order valence-corrected chi connectivity index (χ0v) is 31.0. The normalized spacial score (nSPS) is 11.6. The maximum atomic E-state index is 5.97. The van der Waals surface area contributed by atoms with E-state index in [1.807, 2.05) is 0 Å². The summed E-state index contributed by atoms with van der Waals surface area (Å²) in [6, 6.07) is 8.47. The van der Waals surface area contributed by atoms with E-state index in [4.69, 9.17) is 4.74 Å². The molecule has 0 N–H and O–H groups in total. The molecule has 0 aliphatic rings. The molecule has 49 heavy (non-hydrogen) atoms. The highest BCUT2D eigenvalue weighted by atomic mass is 16.5. The van der Waals surface area contributed by atoms with Gasteiger partial charge in [-0.25, -0.2) is 18.3 Å². The van der Waals surface area contributed by atoms with Gasteiger partial charge in [0.15, 0.2) is 0 Å². The van der Waals surface area contributed by atoms with Crippen LogP contribution < -0.4 is 9.13 Å². The van der Waals surface area contributed by atoms with Crippen molar-refractivity contribution in [2.75, 3.05) is 13.2 Å². The molecule has 0 aromatic carbocycles. The van der Waals surface area contributed by atoms with Gasteiger partial charge in [-0.1, -0.05) is 89.9 Å². The fourth-order valence-corrected chi connectivity index (χ4v) is 6.89. The number of ether oxygens (including phenoxy) is 1. The van der Waals surface area contributed by atoms with E-state index in [1.54, 1.807) is 0 Å². The summed E-state index contributed by atoms with van der Waals surface area (Å²) in [5.74, 6) is 0. The molecule has 272 valence electrons. The number of aromatic nitrogens is 6. The summed E-state index contributed by atoms with van der Waals surface area (Å²) in [4.78, 5) is 0. The zero-order chi connectivity index (χ0) is 33.9. The van der Waals surface area contributed by atoms with Gasteiger partial charge < -0.3 is 13.9 Å². The fourth-order valence-electron chi connectivity index (χ4n) is 6.89. The van der Waals surface area contributed by atoms with Gasteiger partial charge in [0.25, 0.3) is 0 Å². The summed E-state index contributed by atoms with van der Waals surface area (Å²) in [6.45, 7) is 7.96. The SMILES string of the molecule is c1ccn(CCCCCCCCCCCC[n+]2ccn(CCOCCn3cc[n+](CCCCCCCCCCCCn4cccc4)c3)c2)c1. The second-order valence-electron chi connectivity index (χ2n) is 14.3. The molecule has 0 amide bonds. The summed E-state index contributed by atoms with van der Waals surface area (Å²) >= 11 is 0. The molecule has 0 aliphatic carbocycles. The van der Waals surface area contributed by atoms with E-state index >= 15 is 0 Å². The van der Waals surface area contributed by atoms with E-state index in [0.717, 1.165) is 39.4 Å². The third kappa shape index (κ3) is 18.5. The van der Waals surface area contributed by atoms with Crippen molar-refractivity contribution in [3.8, 4) is 0 Å². The quantitative estimate of drug-likeness (QED) is 0.0376. The molecule has 0 fully saturated rings. The van der Waals surface area contributed by atoms with Crippen LogP contribution in [0.25, 0.3) is 0 Å². The van der Waals surface area contributed by atoms with Crippen molar-refractivity contribution in [3.63, 3.8) is 0 Å². The van der Waals surface area contributed by atoms with Crippen molar-refractivity contribution in [1.29, 1.82) is 0 Å². The van der Waals surface area contributed by atoms with Gasteiger partial charge in [0.05, 0.1) is 26.3 Å². The van der Waals surface area contributed by atoms with Gasteiger partial charge in [-0.15, -0.1) is 0 Å². The molecule has 0 saturated heterocycles. The van der Waals surface area contributed by atoms with E-state index in [0.29, 0.717) is 0 Å². The molecule has 4 rings (SSSR count). The molecule has 4 aromatic heterocycles. The molecule has 0 atom stereocenters. The first-order valence-corrected chi connectivity index (χ1v) is 20.2. The standard InChI is InChI=1S/C42H70N6O/c1(5-9-13-17-25-43-27-21-22-28-43)3-7-11-15-19-31-45-33-35-47(41-45)37-39-49-40-38-48-36-34-46(42-48)32-20-16-12-8-4-2-6-10-14-18-26-44-29-23-24-30-44/h21-24,27-30,33-36,41-42H,1-20,25-26,31-32,37-40H2/q+2. The number of unbranched alkanes of at least 4 members (excludes halogenated alkanes) is 18. The summed E-state index contributed by atoms with van der Waals surface area (Å²) in [7, 11) is 0. The molecule has 0 unspecified atom stereocenters. The Hall–Kier alpha value is -3.06. The predicted octanol–water partition coefficient (Wildman–Crippen LogP) is 9.39. The lowest BCUT2D eigenvalue weighted by Crippen LogP contribution is -2.31. The van der Waals surface area contributed by atoms with Gasteiger partial charge in [-0.2, -0.15) is 0 Å². The van der Waals surface area contributed by atoms with Crippen molar-refractivity contribution in [2.45, 2.75) is 168 Å². The second-order valence-corrected chi connectivity index (χ2v) is 14.3. The first-order valence-electron chi connectivity index (χ1n) is 20.2. The van der Waals surface area contributed by atoms with Crippen LogP contribution in [0, 0.1) is 0 Å². The minimum atomic E-state index is 0.761. The smallest absolute Gasteiger partial charge is 0.243 e. The van der Waals surface area contributed by atoms with Crippen LogP contribution in [0.5, 0.6) is 0 Å². The molecular formula is C42H70N6O+2. The third-order valence-corrected chi connectivity index (χ3v) is 9.98. The first kappa shape index (κ1) is 38.7. The zero-order valence-electron chi connectivity index (χ0n) is 31.0. The summed E-state index contributed by atoms with van der Waals surface area (Å²) in [5, 5.41) is 0. The van der Waals surface area contributed by atoms with Crippen LogP contribution in [0.1, 0.15) is 128 Å². The van der Waals surface area contributed by atoms with Crippen molar-refractivity contribution in [3.05, 3.63) is 86.5 Å². The third-order valence-electron chi connectivity index (χ3n) is 9.98. The van der Waals surface area contributed by atoms with Crippen LogP contribution in [0.4, 0.5) is 0 Å². The van der Waals surface area contributed by atoms with Gasteiger partial charge in [0.1, 0.15) is 37.9 Å². The number of hydrogen-bond acceptors (Lipinski definition) is 1. The second kappa shape index (κ2) is 25.8. The summed E-state index contributed by atoms with van der Waals surface area (Å²) in [6.07, 6.45) is 49.3. The lowest BCUT2D eigenvalue weighted by molar-refractivity contribution is -0.697. The molecular weight excluding hydrogens is 605 g/mol. The molecule has 7 nitrogen and oxygen atoms in total. The minimum Gasteiger partial charge on any atom is -0.373 e. The fraction of sp³-hybridized carbons (Fsp3) is 0.667. The predicted molar refractivity (Wildman–Crippen MR) is 201 cm³/mol. The Morgan fingerprint density at radius 2 is 0.653 bits per heavy atom. The van der Waals surface area contributed by atoms with Gasteiger partial charge in [-0.05, 0) is 62.8 Å². The first-order chi connectivity index (χ1) is 24.3. The minimum absolute atomic E-state index is 0.761. The number of hydrogen-bond donors (Lipinski definition) is 0. The molecule has 0 aliphatic heterocycles. The number of imidazole rings is 2. The highest BCUT2D eigenvalue weighted by molar-refractivity contribution is 4.90. The molecule has 0 bridgehead atoms. The van der Waals surface area contributed by atoms with E-state index < -0.39 is 0 Å². The lowest BCUT2D eigenvalue weighted by Gasteiger charge is -2.04. The van der Waals surface area contributed by atoms with E-state index in [2.05, 4.69) is 114 Å². The molecule has 4 heterocycles. The Balaban J connectivity index is 0.872. The molecule has 0 radical (unpaired) electrons. The van der Waals surface area contributed by atoms with Crippen molar-refractivity contribution in [1.82, 2.24) is 18.3 Å². The maximum Gasteiger partial charge on any atom is 0.243 e. The lowest BCUT2D eigenvalue weighted by atomic mass is 10.1. The van der Waals surface area contributed by atoms with Crippen LogP contribution in [0.15, 0.2) is 86.5 Å². The number of aryl methyl sites for hydroxylation is 4. The molecule has 0 spiro atoms. The van der Waals surface area contributed by atoms with Gasteiger partial charge in [0.2, 0.25) is 12.7 Å². The van der Waals surface area contributed by atoms with Crippen LogP contribution in [0.2, 0.25) is 0 Å². The van der Waals surface area contributed by atoms with E-state index in [1.165, 1.54) is 142 Å². The maximum absolute atomic E-state index is 5.97. The Kier molecular flexibility index (Phi) is 20.4. The van der Waals surface area contributed by atoms with Crippen molar-refractivity contribution < 1.29 is 13.9 Å². The Morgan fingerprint density at radius 1 is 0.327 bits per heavy atom. The van der Waals surface area contributed by atoms with Crippen molar-refractivity contribution in [2.24, 2.45) is 0 Å². The average molecular weight is 675 g/mol. The highest BCUT2D eigenvalue weighted by Crippen LogP contribution is 2.12. The number of nitrogens with zero attached hydrogens (tertiary/aromatic N) is 6. The highest BCUT2D eigenvalue weighted by Gasteiger charge is 2.06. The van der Waals surface area contributed by atoms with Gasteiger partial charge >= 0.3 is 0 Å². The molecule has 0 saturated carbocycles. The Labute approximate surface area is 298 Å². The Bertz CT molecular complexity index is 1180. The van der Waals surface area contributed by atoms with Crippen molar-refractivity contribution >= 4 is 0 Å². The molecule has 7 heteroatoms. The van der Waals surface area contributed by atoms with Crippen LogP contribution in [-0.2, 0) is 44.0 Å². The van der Waals surface area contributed by atoms with Gasteiger partial charge in [0, 0.05) is 37.9 Å². The van der Waals surface area contributed by atoms with Crippen LogP contribution in [-0.4, -0.2) is 31.5 Å². The van der Waals surface area contributed by atoms with E-state index in [-0.39, 0.29) is 0 Å². The summed E-state index contributed by atoms with van der Waals surface area (Å²) in [5.41, 5.74) is 0. The van der Waals surface area contributed by atoms with E-state index in [9.17, 15) is 0 Å². The average Bonchev–Trinajstić information content (AvgIpc) is 3.95. The van der Waals surface area contributed by atoms with Gasteiger partial charge in [-0.3, -0.25) is 0 Å². The largest absolute Gasteiger partial charge is 0.373 e. The summed E-state index contributed by atoms with van der Waals surface area (Å²) < 4.78 is 19.8. The topological polar surface area (TPSA) is 36.7 Å².